The van der Waals surface area contributed by atoms with Gasteiger partial charge in [-0.15, -0.1) is 0 Å². The first-order valence-electron chi connectivity index (χ1n) is 24.6. The van der Waals surface area contributed by atoms with Gasteiger partial charge in [0.2, 0.25) is 0 Å². The van der Waals surface area contributed by atoms with Crippen molar-refractivity contribution in [3.63, 3.8) is 0 Å². The molecule has 2 aromatic heterocycles. The van der Waals surface area contributed by atoms with Gasteiger partial charge in [0.1, 0.15) is 11.9 Å². The average Bonchev–Trinajstić information content (AvgIpc) is 3.45. The number of allylic oxidation sites excluding steroid dienone is 1. The van der Waals surface area contributed by atoms with Gasteiger partial charge < -0.3 is 29.2 Å². The van der Waals surface area contributed by atoms with Crippen molar-refractivity contribution in [3.05, 3.63) is 69.6 Å². The Morgan fingerprint density at radius 2 is 1.69 bits per heavy atom. The number of Topliss-reactive ketones (excluding diaryl/α,β-unsaturated/α-hetero) is 2. The van der Waals surface area contributed by atoms with E-state index >= 15 is 4.79 Å². The Morgan fingerprint density at radius 1 is 0.935 bits per heavy atom. The second kappa shape index (κ2) is 13.7. The van der Waals surface area contributed by atoms with Crippen molar-refractivity contribution in [2.45, 2.75) is 175 Å². The van der Waals surface area contributed by atoms with E-state index in [9.17, 15) is 15.0 Å². The quantitative estimate of drug-likeness (QED) is 0.213. The van der Waals surface area contributed by atoms with Crippen molar-refractivity contribution in [2.75, 3.05) is 13.2 Å². The fourth-order valence-electron chi connectivity index (χ4n) is 17.1. The molecule has 0 bridgehead atoms. The van der Waals surface area contributed by atoms with Crippen LogP contribution < -0.4 is 0 Å². The minimum atomic E-state index is -0.707. The van der Waals surface area contributed by atoms with Gasteiger partial charge in [-0.1, -0.05) is 64.8 Å². The third kappa shape index (κ3) is 5.63. The van der Waals surface area contributed by atoms with E-state index in [-0.39, 0.29) is 52.0 Å². The lowest BCUT2D eigenvalue weighted by Crippen LogP contribution is -2.70. The topological polar surface area (TPSA) is 117 Å². The number of fused-ring (bicyclic) bond motifs is 2. The molecule has 3 aliphatic heterocycles. The van der Waals surface area contributed by atoms with Gasteiger partial charge in [0.05, 0.1) is 28.8 Å². The summed E-state index contributed by atoms with van der Waals surface area (Å²) >= 11 is 0. The molecule has 62 heavy (non-hydrogen) atoms. The molecule has 8 heteroatoms. The van der Waals surface area contributed by atoms with Crippen LogP contribution in [0.2, 0.25) is 0 Å². The molecule has 0 amide bonds. The van der Waals surface area contributed by atoms with Gasteiger partial charge in [0.25, 0.3) is 0 Å². The number of ketones is 2. The summed E-state index contributed by atoms with van der Waals surface area (Å²) in [7, 11) is 0. The van der Waals surface area contributed by atoms with Crippen LogP contribution in [0.4, 0.5) is 0 Å². The number of hydrogen-bond donors (Lipinski definition) is 3. The number of hydrogen-bond acceptors (Lipinski definition) is 6. The van der Waals surface area contributed by atoms with E-state index < -0.39 is 28.5 Å². The number of epoxide rings is 1. The molecule has 5 aliphatic carbocycles. The molecule has 3 N–H and O–H groups in total. The number of rotatable bonds is 6. The van der Waals surface area contributed by atoms with Crippen LogP contribution in [0.1, 0.15) is 153 Å². The Kier molecular flexibility index (Phi) is 9.23. The van der Waals surface area contributed by atoms with Crippen molar-refractivity contribution in [3.8, 4) is 0 Å². The van der Waals surface area contributed by atoms with Gasteiger partial charge in [0.15, 0.2) is 5.78 Å². The number of carbonyl (C=O) groups excluding carboxylic acids is 2. The summed E-state index contributed by atoms with van der Waals surface area (Å²) in [4.78, 5) is 33.3. The number of aromatic amines is 1. The predicted molar refractivity (Wildman–Crippen MR) is 241 cm³/mol. The first kappa shape index (κ1) is 41.7. The molecule has 1 aromatic carbocycles. The van der Waals surface area contributed by atoms with Gasteiger partial charge in [-0.05, 0) is 147 Å². The van der Waals surface area contributed by atoms with E-state index in [1.807, 2.05) is 13.8 Å². The lowest BCUT2D eigenvalue weighted by atomic mass is 9.31. The number of ether oxygens (including phenoxy) is 2. The van der Waals surface area contributed by atoms with Crippen molar-refractivity contribution in [2.24, 2.45) is 50.7 Å². The number of aromatic nitrogens is 2. The van der Waals surface area contributed by atoms with Gasteiger partial charge >= 0.3 is 0 Å². The predicted octanol–water partition coefficient (Wildman–Crippen LogP) is 9.73. The highest BCUT2D eigenvalue weighted by Gasteiger charge is 2.76. The fourth-order valence-corrected chi connectivity index (χ4v) is 17.1. The number of nitrogens with zero attached hydrogens (tertiary/aromatic N) is 1. The first-order chi connectivity index (χ1) is 29.3. The molecule has 5 heterocycles. The van der Waals surface area contributed by atoms with Crippen molar-refractivity contribution in [1.29, 1.82) is 0 Å². The largest absolute Gasteiger partial charge is 0.392 e. The number of aliphatic hydroxyl groups is 2. The maximum atomic E-state index is 15.8. The van der Waals surface area contributed by atoms with Crippen LogP contribution in [0.5, 0.6) is 0 Å². The number of nitrogens with one attached hydrogen (secondary N) is 1. The Morgan fingerprint density at radius 3 is 2.44 bits per heavy atom. The molecule has 3 aromatic rings. The molecule has 334 valence electrons. The molecule has 11 unspecified atom stereocenters. The molecular formula is C54H72N2O6. The molecule has 0 radical (unpaired) electrons. The first-order valence-corrected chi connectivity index (χ1v) is 24.6. The number of carbonyl (C=O) groups is 2. The fraction of sp³-hybridized carbons (Fsp3) is 0.704. The number of H-pyrrole nitrogens is 1. The minimum absolute atomic E-state index is 0.0394. The van der Waals surface area contributed by atoms with Gasteiger partial charge in [-0.2, -0.15) is 0 Å². The zero-order valence-corrected chi connectivity index (χ0v) is 38.8. The molecular weight excluding hydrogens is 773 g/mol. The Balaban J connectivity index is 1.09. The molecule has 8 aliphatic rings. The summed E-state index contributed by atoms with van der Waals surface area (Å²) in [5.41, 5.74) is 8.66. The van der Waals surface area contributed by atoms with Crippen molar-refractivity contribution < 1.29 is 29.3 Å². The highest BCUT2D eigenvalue weighted by molar-refractivity contribution is 6.04. The lowest BCUT2D eigenvalue weighted by molar-refractivity contribution is -0.243. The molecule has 4 saturated carbocycles. The molecule has 6 fully saturated rings. The van der Waals surface area contributed by atoms with Gasteiger partial charge in [-0.25, -0.2) is 0 Å². The van der Waals surface area contributed by atoms with E-state index in [2.05, 4.69) is 81.7 Å². The number of benzene rings is 1. The van der Waals surface area contributed by atoms with Gasteiger partial charge in [0, 0.05) is 73.2 Å². The maximum absolute atomic E-state index is 15.8. The smallest absolute Gasteiger partial charge is 0.163 e. The zero-order chi connectivity index (χ0) is 43.5. The Labute approximate surface area is 369 Å². The molecule has 1 spiro atoms. The van der Waals surface area contributed by atoms with E-state index in [0.29, 0.717) is 31.1 Å². The molecule has 11 atom stereocenters. The summed E-state index contributed by atoms with van der Waals surface area (Å²) < 4.78 is 14.3. The van der Waals surface area contributed by atoms with Crippen LogP contribution in [0, 0.1) is 57.7 Å². The average molecular weight is 845 g/mol. The Hall–Kier alpha value is -3.04. The molecule has 11 rings (SSSR count). The second-order valence-electron chi connectivity index (χ2n) is 23.9. The third-order valence-electron chi connectivity index (χ3n) is 19.9. The second-order valence-corrected chi connectivity index (χ2v) is 23.9. The minimum Gasteiger partial charge on any atom is -0.392 e. The number of aliphatic hydroxyl groups excluding tert-OH is 2. The normalized spacial score (nSPS) is 40.2. The van der Waals surface area contributed by atoms with E-state index in [4.69, 9.17) is 9.47 Å². The highest BCUT2D eigenvalue weighted by atomic mass is 16.6. The summed E-state index contributed by atoms with van der Waals surface area (Å²) in [6.45, 7) is 20.1. The van der Waals surface area contributed by atoms with Crippen LogP contribution in [0.15, 0.2) is 41.7 Å². The summed E-state index contributed by atoms with van der Waals surface area (Å²) in [5.74, 6) is 0.869. The summed E-state index contributed by atoms with van der Waals surface area (Å²) in [6.07, 6.45) is 13.9. The lowest BCUT2D eigenvalue weighted by Gasteiger charge is -2.72. The van der Waals surface area contributed by atoms with Crippen LogP contribution in [-0.4, -0.2) is 68.5 Å². The van der Waals surface area contributed by atoms with E-state index in [0.717, 1.165) is 89.4 Å². The van der Waals surface area contributed by atoms with Crippen LogP contribution in [0.25, 0.3) is 11.0 Å². The monoisotopic (exact) mass is 845 g/mol. The molecule has 2 saturated heterocycles. The van der Waals surface area contributed by atoms with Crippen LogP contribution >= 0.6 is 0 Å². The van der Waals surface area contributed by atoms with Gasteiger partial charge in [-0.3, -0.25) is 9.59 Å². The van der Waals surface area contributed by atoms with E-state index in [1.165, 1.54) is 44.4 Å². The Bertz CT molecular complexity index is 2390. The van der Waals surface area contributed by atoms with E-state index in [1.54, 1.807) is 0 Å². The standard InChI is InChI=1S/C54H72N2O6/c1-30-22-31(24-34(23-30)32-14-20-61-21-15-32)25-35-28-56-29-36-41-42(51(6,26-38(57)48-50(4,5)62-48)17-11-33-27-55-43(35)44(33)56)46(60)37-10-9-16-54(53(37,41)8)19-12-39-49(2,3)40(58)13-18-52(39,7)47(54)45(36)59/h22-24,27-28,32,36-39,45,47-48,55,57,59H,9-21,25-26,29H2,1-8H3. The third-order valence-corrected chi connectivity index (χ3v) is 19.9. The van der Waals surface area contributed by atoms with Crippen molar-refractivity contribution in [1.82, 2.24) is 9.55 Å². The highest BCUT2D eigenvalue weighted by Crippen LogP contribution is 2.79. The zero-order valence-electron chi connectivity index (χ0n) is 38.8. The van der Waals surface area contributed by atoms with Crippen molar-refractivity contribution >= 4 is 22.6 Å². The summed E-state index contributed by atoms with van der Waals surface area (Å²) in [5, 5.41) is 25.8. The summed E-state index contributed by atoms with van der Waals surface area (Å²) in [6, 6.07) is 7.14. The molecule has 8 nitrogen and oxygen atoms in total. The van der Waals surface area contributed by atoms with Crippen LogP contribution in [0.3, 0.4) is 0 Å². The van der Waals surface area contributed by atoms with Crippen LogP contribution in [-0.2, 0) is 38.4 Å². The maximum Gasteiger partial charge on any atom is 0.163 e. The SMILES string of the molecule is Cc1cc(Cc2cn3c4c(c[nH]c24)CCC(C)(CC(O)C2OC2(C)C)C2=C4C(C3)C(O)C3C5(C)CCC(=O)C(C)(C)C5CCC35CCCC(C2=O)C45C)cc(C2CCOCC2)c1. The number of aryl methyl sites for hydroxylation is 2.